The molecule has 0 fully saturated rings. The first-order chi connectivity index (χ1) is 9.69. The van der Waals surface area contributed by atoms with Gasteiger partial charge in [-0.2, -0.15) is 0 Å². The Morgan fingerprint density at radius 2 is 1.95 bits per heavy atom. The molecule has 1 atom stereocenters. The van der Waals surface area contributed by atoms with E-state index in [0.717, 1.165) is 51.0 Å². The van der Waals surface area contributed by atoms with Crippen LogP contribution < -0.4 is 5.32 Å². The minimum atomic E-state index is -0.138. The number of benzene rings is 1. The van der Waals surface area contributed by atoms with Crippen LogP contribution in [0, 0.1) is 5.82 Å². The van der Waals surface area contributed by atoms with Crippen molar-refractivity contribution >= 4 is 0 Å². The van der Waals surface area contributed by atoms with Crippen LogP contribution >= 0.6 is 0 Å². The van der Waals surface area contributed by atoms with Crippen molar-refractivity contribution in [3.63, 3.8) is 0 Å². The first-order valence-electron chi connectivity index (χ1n) is 7.89. The summed E-state index contributed by atoms with van der Waals surface area (Å²) in [6, 6.07) is 7.40. The van der Waals surface area contributed by atoms with Crippen LogP contribution in [0.2, 0.25) is 0 Å². The summed E-state index contributed by atoms with van der Waals surface area (Å²) in [5, 5.41) is 3.59. The summed E-state index contributed by atoms with van der Waals surface area (Å²) < 4.78 is 13.3. The zero-order chi connectivity index (χ0) is 14.8. The molecule has 0 spiro atoms. The van der Waals surface area contributed by atoms with Crippen molar-refractivity contribution in [2.24, 2.45) is 0 Å². The molecular formula is C17H29FN2. The normalized spacial score (nSPS) is 12.8. The lowest BCUT2D eigenvalue weighted by Crippen LogP contribution is -2.36. The van der Waals surface area contributed by atoms with Crippen LogP contribution in [0.3, 0.4) is 0 Å². The molecule has 0 saturated heterocycles. The first kappa shape index (κ1) is 17.1. The predicted molar refractivity (Wildman–Crippen MR) is 84.6 cm³/mol. The van der Waals surface area contributed by atoms with Gasteiger partial charge in [-0.3, -0.25) is 0 Å². The quantitative estimate of drug-likeness (QED) is 0.706. The van der Waals surface area contributed by atoms with Gasteiger partial charge in [0.1, 0.15) is 5.82 Å². The highest BCUT2D eigenvalue weighted by molar-refractivity contribution is 5.17. The second-order valence-electron chi connectivity index (χ2n) is 5.30. The molecule has 0 aromatic heterocycles. The highest BCUT2D eigenvalue weighted by atomic mass is 19.1. The van der Waals surface area contributed by atoms with Crippen molar-refractivity contribution in [3.8, 4) is 0 Å². The fourth-order valence-electron chi connectivity index (χ4n) is 2.45. The summed E-state index contributed by atoms with van der Waals surface area (Å²) in [5.74, 6) is -0.138. The van der Waals surface area contributed by atoms with Crippen LogP contribution in [-0.4, -0.2) is 37.1 Å². The lowest BCUT2D eigenvalue weighted by molar-refractivity contribution is 0.280. The molecule has 0 heterocycles. The van der Waals surface area contributed by atoms with Gasteiger partial charge in [-0.25, -0.2) is 4.39 Å². The lowest BCUT2D eigenvalue weighted by Gasteiger charge is -2.23. The topological polar surface area (TPSA) is 15.3 Å². The fraction of sp³-hybridized carbons (Fsp3) is 0.647. The Bertz CT molecular complexity index is 364. The molecule has 1 N–H and O–H groups in total. The van der Waals surface area contributed by atoms with Crippen molar-refractivity contribution in [2.75, 3.05) is 26.2 Å². The SMILES string of the molecule is CCCNC(CCN(CC)CC)Cc1cccc(F)c1. The zero-order valence-electron chi connectivity index (χ0n) is 13.2. The molecule has 0 saturated carbocycles. The summed E-state index contributed by atoms with van der Waals surface area (Å²) in [4.78, 5) is 2.44. The van der Waals surface area contributed by atoms with Gasteiger partial charge in [-0.05, 0) is 63.1 Å². The van der Waals surface area contributed by atoms with Gasteiger partial charge < -0.3 is 10.2 Å². The van der Waals surface area contributed by atoms with Crippen molar-refractivity contribution in [3.05, 3.63) is 35.6 Å². The Kier molecular flexibility index (Phi) is 8.47. The maximum atomic E-state index is 13.3. The van der Waals surface area contributed by atoms with Crippen molar-refractivity contribution < 1.29 is 4.39 Å². The van der Waals surface area contributed by atoms with Gasteiger partial charge in [0, 0.05) is 6.04 Å². The molecule has 1 unspecified atom stereocenters. The molecule has 0 aliphatic rings. The molecule has 1 aromatic carbocycles. The van der Waals surface area contributed by atoms with Crippen molar-refractivity contribution in [1.29, 1.82) is 0 Å². The minimum Gasteiger partial charge on any atom is -0.314 e. The monoisotopic (exact) mass is 280 g/mol. The van der Waals surface area contributed by atoms with Gasteiger partial charge in [-0.1, -0.05) is 32.9 Å². The van der Waals surface area contributed by atoms with E-state index in [1.54, 1.807) is 12.1 Å². The standard InChI is InChI=1S/C17H29FN2/c1-4-11-19-17(10-12-20(5-2)6-3)14-15-8-7-9-16(18)13-15/h7-9,13,17,19H,4-6,10-12,14H2,1-3H3. The Morgan fingerprint density at radius 3 is 2.55 bits per heavy atom. The zero-order valence-corrected chi connectivity index (χ0v) is 13.2. The van der Waals surface area contributed by atoms with E-state index in [2.05, 4.69) is 31.0 Å². The van der Waals surface area contributed by atoms with Gasteiger partial charge in [0.2, 0.25) is 0 Å². The molecule has 1 aromatic rings. The molecule has 114 valence electrons. The Balaban J connectivity index is 2.54. The molecule has 3 heteroatoms. The second kappa shape index (κ2) is 9.89. The van der Waals surface area contributed by atoms with E-state index < -0.39 is 0 Å². The van der Waals surface area contributed by atoms with Crippen molar-refractivity contribution in [2.45, 2.75) is 46.1 Å². The predicted octanol–water partition coefficient (Wildman–Crippen LogP) is 3.47. The fourth-order valence-corrected chi connectivity index (χ4v) is 2.45. The summed E-state index contributed by atoms with van der Waals surface area (Å²) in [5.41, 5.74) is 1.08. The first-order valence-corrected chi connectivity index (χ1v) is 7.89. The molecule has 0 bridgehead atoms. The van der Waals surface area contributed by atoms with Crippen LogP contribution in [-0.2, 0) is 6.42 Å². The number of hydrogen-bond acceptors (Lipinski definition) is 2. The third-order valence-electron chi connectivity index (χ3n) is 3.74. The number of nitrogens with zero attached hydrogens (tertiary/aromatic N) is 1. The van der Waals surface area contributed by atoms with E-state index >= 15 is 0 Å². The molecule has 0 aliphatic heterocycles. The molecule has 20 heavy (non-hydrogen) atoms. The van der Waals surface area contributed by atoms with Gasteiger partial charge >= 0.3 is 0 Å². The Hall–Kier alpha value is -0.930. The highest BCUT2D eigenvalue weighted by Crippen LogP contribution is 2.09. The maximum absolute atomic E-state index is 13.3. The maximum Gasteiger partial charge on any atom is 0.123 e. The Labute approximate surface area is 123 Å². The van der Waals surface area contributed by atoms with Crippen LogP contribution in [0.1, 0.15) is 39.2 Å². The van der Waals surface area contributed by atoms with Gasteiger partial charge in [-0.15, -0.1) is 0 Å². The molecule has 0 amide bonds. The smallest absolute Gasteiger partial charge is 0.123 e. The van der Waals surface area contributed by atoms with E-state index in [1.165, 1.54) is 6.07 Å². The van der Waals surface area contributed by atoms with Crippen molar-refractivity contribution in [1.82, 2.24) is 10.2 Å². The van der Waals surface area contributed by atoms with E-state index in [-0.39, 0.29) is 5.82 Å². The van der Waals surface area contributed by atoms with E-state index in [9.17, 15) is 4.39 Å². The summed E-state index contributed by atoms with van der Waals surface area (Å²) in [6.45, 7) is 10.9. The third kappa shape index (κ3) is 6.49. The molecule has 1 rings (SSSR count). The summed E-state index contributed by atoms with van der Waals surface area (Å²) in [7, 11) is 0. The molecule has 2 nitrogen and oxygen atoms in total. The minimum absolute atomic E-state index is 0.138. The molecule has 0 aliphatic carbocycles. The van der Waals surface area contributed by atoms with Crippen LogP contribution in [0.4, 0.5) is 4.39 Å². The third-order valence-corrected chi connectivity index (χ3v) is 3.74. The average molecular weight is 280 g/mol. The summed E-state index contributed by atoms with van der Waals surface area (Å²) >= 11 is 0. The van der Waals surface area contributed by atoms with Crippen LogP contribution in [0.25, 0.3) is 0 Å². The van der Waals surface area contributed by atoms with Gasteiger partial charge in [0.25, 0.3) is 0 Å². The number of hydrogen-bond donors (Lipinski definition) is 1. The number of rotatable bonds is 10. The summed E-state index contributed by atoms with van der Waals surface area (Å²) in [6.07, 6.45) is 3.14. The average Bonchev–Trinajstić information content (AvgIpc) is 2.45. The largest absolute Gasteiger partial charge is 0.314 e. The molecule has 0 radical (unpaired) electrons. The highest BCUT2D eigenvalue weighted by Gasteiger charge is 2.11. The van der Waals surface area contributed by atoms with Crippen LogP contribution in [0.5, 0.6) is 0 Å². The van der Waals surface area contributed by atoms with E-state index in [4.69, 9.17) is 0 Å². The second-order valence-corrected chi connectivity index (χ2v) is 5.30. The van der Waals surface area contributed by atoms with Gasteiger partial charge in [0.15, 0.2) is 0 Å². The van der Waals surface area contributed by atoms with Crippen LogP contribution in [0.15, 0.2) is 24.3 Å². The number of halogens is 1. The van der Waals surface area contributed by atoms with E-state index in [1.807, 2.05) is 6.07 Å². The molecular weight excluding hydrogens is 251 g/mol. The van der Waals surface area contributed by atoms with E-state index in [0.29, 0.717) is 6.04 Å². The Morgan fingerprint density at radius 1 is 1.20 bits per heavy atom. The lowest BCUT2D eigenvalue weighted by atomic mass is 10.0. The number of nitrogens with one attached hydrogen (secondary N) is 1. The van der Waals surface area contributed by atoms with Gasteiger partial charge in [0.05, 0.1) is 0 Å².